The molecule has 1 saturated heterocycles. The van der Waals surface area contributed by atoms with E-state index in [9.17, 15) is 4.79 Å². The normalized spacial score (nSPS) is 19.8. The van der Waals surface area contributed by atoms with Crippen molar-refractivity contribution in [2.45, 2.75) is 56.6 Å². The van der Waals surface area contributed by atoms with Gasteiger partial charge in [0.25, 0.3) is 0 Å². The quantitative estimate of drug-likeness (QED) is 0.645. The lowest BCUT2D eigenvalue weighted by Gasteiger charge is -2.31. The number of likely N-dealkylation sites (tertiary alicyclic amines) is 1. The Bertz CT molecular complexity index is 810. The molecule has 1 saturated carbocycles. The van der Waals surface area contributed by atoms with Crippen LogP contribution in [0.3, 0.4) is 0 Å². The van der Waals surface area contributed by atoms with Gasteiger partial charge in [-0.2, -0.15) is 11.8 Å². The van der Waals surface area contributed by atoms with Crippen molar-refractivity contribution < 1.29 is 9.53 Å². The average Bonchev–Trinajstić information content (AvgIpc) is 3.52. The van der Waals surface area contributed by atoms with Crippen molar-refractivity contribution >= 4 is 36.0 Å². The summed E-state index contributed by atoms with van der Waals surface area (Å²) in [5.41, 5.74) is 3.32. The van der Waals surface area contributed by atoms with Gasteiger partial charge in [0, 0.05) is 23.7 Å². The molecule has 8 heteroatoms. The highest BCUT2D eigenvalue weighted by Gasteiger charge is 2.27. The van der Waals surface area contributed by atoms with E-state index in [0.717, 1.165) is 33.7 Å². The molecular weight excluding hydrogens is 398 g/mol. The molecule has 7 nitrogen and oxygen atoms in total. The number of ether oxygens (including phenoxy) is 1. The second kappa shape index (κ2) is 10.1. The molecule has 1 aromatic heterocycles. The number of amides is 1. The summed E-state index contributed by atoms with van der Waals surface area (Å²) in [4.78, 5) is 27.2. The molecule has 0 radical (unpaired) electrons. The number of thioether (sulfide) groups is 1. The smallest absolute Gasteiger partial charge is 0.410 e. The molecule has 0 unspecified atom stereocenters. The van der Waals surface area contributed by atoms with Crippen molar-refractivity contribution in [3.8, 4) is 0 Å². The Hall–Kier alpha value is -2.35. The molecule has 0 bridgehead atoms. The van der Waals surface area contributed by atoms with E-state index in [1.807, 2.05) is 44.8 Å². The van der Waals surface area contributed by atoms with E-state index in [0.29, 0.717) is 26.2 Å². The Balaban J connectivity index is 1.56. The van der Waals surface area contributed by atoms with Crippen LogP contribution in [0.2, 0.25) is 0 Å². The number of hydrogen-bond acceptors (Lipinski definition) is 7. The lowest BCUT2D eigenvalue weighted by atomic mass is 10.0. The molecule has 2 fully saturated rings. The summed E-state index contributed by atoms with van der Waals surface area (Å²) in [7, 11) is 0. The maximum Gasteiger partial charge on any atom is 0.410 e. The second-order valence-electron chi connectivity index (χ2n) is 8.48. The molecule has 1 aromatic rings. The molecule has 30 heavy (non-hydrogen) atoms. The molecule has 1 aliphatic heterocycles. The maximum absolute atomic E-state index is 12.4. The summed E-state index contributed by atoms with van der Waals surface area (Å²) in [6.45, 7) is 10.5. The highest BCUT2D eigenvalue weighted by atomic mass is 32.2. The minimum absolute atomic E-state index is 0.322. The van der Waals surface area contributed by atoms with Crippen LogP contribution in [0, 0.1) is 0 Å². The van der Waals surface area contributed by atoms with Crippen molar-refractivity contribution in [3.63, 3.8) is 0 Å². The minimum atomic E-state index is -0.523. The number of nitrogens with zero attached hydrogens (tertiary/aromatic N) is 4. The summed E-state index contributed by atoms with van der Waals surface area (Å²) < 4.78 is 5.50. The number of carbonyl (C=O) groups excluding carboxylic acids is 1. The predicted molar refractivity (Wildman–Crippen MR) is 125 cm³/mol. The zero-order chi connectivity index (χ0) is 21.6. The lowest BCUT2D eigenvalue weighted by Crippen LogP contribution is -2.44. The number of rotatable bonds is 7. The summed E-state index contributed by atoms with van der Waals surface area (Å²) >= 11 is 1.98. The van der Waals surface area contributed by atoms with Gasteiger partial charge in [0.05, 0.1) is 29.8 Å². The molecule has 2 aliphatic rings. The van der Waals surface area contributed by atoms with Crippen molar-refractivity contribution in [3.05, 3.63) is 35.8 Å². The molecule has 0 atom stereocenters. The van der Waals surface area contributed by atoms with Crippen molar-refractivity contribution in [1.82, 2.24) is 9.88 Å². The first-order valence-electron chi connectivity index (χ1n) is 10.3. The third-order valence-corrected chi connectivity index (χ3v) is 6.04. The van der Waals surface area contributed by atoms with Gasteiger partial charge < -0.3 is 15.0 Å². The molecule has 1 amide bonds. The lowest BCUT2D eigenvalue weighted by molar-refractivity contribution is 0.0274. The number of pyridine rings is 1. The van der Waals surface area contributed by atoms with Gasteiger partial charge in [0.2, 0.25) is 0 Å². The zero-order valence-corrected chi connectivity index (χ0v) is 18.9. The predicted octanol–water partition coefficient (Wildman–Crippen LogP) is 4.51. The Morgan fingerprint density at radius 1 is 1.43 bits per heavy atom. The van der Waals surface area contributed by atoms with Crippen LogP contribution in [0.4, 0.5) is 10.5 Å². The van der Waals surface area contributed by atoms with Crippen molar-refractivity contribution in [1.29, 1.82) is 0 Å². The van der Waals surface area contributed by atoms with E-state index < -0.39 is 5.60 Å². The molecular formula is C22H31N5O2S. The fourth-order valence-corrected chi connectivity index (χ4v) is 3.97. The van der Waals surface area contributed by atoms with Crippen LogP contribution in [-0.2, 0) is 10.5 Å². The van der Waals surface area contributed by atoms with E-state index in [4.69, 9.17) is 4.74 Å². The highest BCUT2D eigenvalue weighted by molar-refractivity contribution is 7.99. The van der Waals surface area contributed by atoms with Crippen molar-refractivity contribution in [2.24, 2.45) is 9.98 Å². The summed E-state index contributed by atoms with van der Waals surface area (Å²) in [5.74, 6) is 0.969. The molecule has 0 aromatic carbocycles. The van der Waals surface area contributed by atoms with Gasteiger partial charge in [-0.25, -0.2) is 4.79 Å². The maximum atomic E-state index is 12.4. The van der Waals surface area contributed by atoms with Gasteiger partial charge in [0.1, 0.15) is 12.3 Å². The summed E-state index contributed by atoms with van der Waals surface area (Å²) in [6.07, 6.45) is 6.60. The van der Waals surface area contributed by atoms with Crippen LogP contribution in [0.15, 0.2) is 40.1 Å². The first kappa shape index (κ1) is 22.3. The van der Waals surface area contributed by atoms with E-state index in [-0.39, 0.29) is 6.09 Å². The van der Waals surface area contributed by atoms with Crippen LogP contribution < -0.4 is 5.32 Å². The summed E-state index contributed by atoms with van der Waals surface area (Å²) in [5, 5.41) is 4.11. The number of anilines is 1. The van der Waals surface area contributed by atoms with Crippen LogP contribution in [0.5, 0.6) is 0 Å². The fourth-order valence-electron chi connectivity index (χ4n) is 2.92. The first-order chi connectivity index (χ1) is 14.3. The largest absolute Gasteiger partial charge is 0.444 e. The van der Waals surface area contributed by atoms with Crippen LogP contribution in [-0.4, -0.2) is 59.0 Å². The highest BCUT2D eigenvalue weighted by Crippen LogP contribution is 2.35. The standard InChI is InChI=1S/C22H31N5O2S/c1-22(2,3)29-21(28)27-10-9-16(11-23-4)20(13-27)26-15-25-17-5-6-18(24-12-17)14-30-19-7-8-19/h5-6,11-12,19,25H,4,7-10,13-15H2,1-3H3/b16-11-,26-20-. The Morgan fingerprint density at radius 3 is 2.87 bits per heavy atom. The second-order valence-corrected chi connectivity index (χ2v) is 9.77. The topological polar surface area (TPSA) is 79.2 Å². The number of hydrogen-bond donors (Lipinski definition) is 1. The fraction of sp³-hybridized carbons (Fsp3) is 0.545. The third-order valence-electron chi connectivity index (χ3n) is 4.63. The number of piperidine rings is 1. The zero-order valence-electron chi connectivity index (χ0n) is 18.1. The number of carbonyl (C=O) groups is 1. The van der Waals surface area contributed by atoms with Gasteiger partial charge in [0.15, 0.2) is 0 Å². The van der Waals surface area contributed by atoms with Crippen LogP contribution in [0.1, 0.15) is 45.7 Å². The Labute approximate surface area is 183 Å². The molecule has 2 heterocycles. The average molecular weight is 430 g/mol. The monoisotopic (exact) mass is 429 g/mol. The van der Waals surface area contributed by atoms with E-state index in [1.54, 1.807) is 11.1 Å². The SMILES string of the molecule is C=N/C=C1/CCN(C(=O)OC(C)(C)C)C/C1=N/CNc1ccc(CSC2CC2)nc1. The summed E-state index contributed by atoms with van der Waals surface area (Å²) in [6, 6.07) is 4.09. The van der Waals surface area contributed by atoms with E-state index in [1.165, 1.54) is 12.8 Å². The minimum Gasteiger partial charge on any atom is -0.444 e. The van der Waals surface area contributed by atoms with Gasteiger partial charge in [-0.05, 0) is 64.5 Å². The number of nitrogens with one attached hydrogen (secondary N) is 1. The first-order valence-corrected chi connectivity index (χ1v) is 11.4. The number of aromatic nitrogens is 1. The van der Waals surface area contributed by atoms with Crippen LogP contribution >= 0.6 is 11.8 Å². The van der Waals surface area contributed by atoms with Crippen molar-refractivity contribution in [2.75, 3.05) is 25.1 Å². The Kier molecular flexibility index (Phi) is 7.53. The van der Waals surface area contributed by atoms with Crippen LogP contribution in [0.25, 0.3) is 0 Å². The van der Waals surface area contributed by atoms with Gasteiger partial charge in [-0.1, -0.05) is 0 Å². The third kappa shape index (κ3) is 7.16. The number of aliphatic imine (C=N–C) groups is 2. The van der Waals surface area contributed by atoms with E-state index in [2.05, 4.69) is 33.1 Å². The van der Waals surface area contributed by atoms with Gasteiger partial charge in [-0.3, -0.25) is 15.0 Å². The molecule has 1 N–H and O–H groups in total. The molecule has 3 rings (SSSR count). The van der Waals surface area contributed by atoms with E-state index >= 15 is 0 Å². The molecule has 162 valence electrons. The molecule has 0 spiro atoms. The van der Waals surface area contributed by atoms with Gasteiger partial charge in [-0.15, -0.1) is 0 Å². The van der Waals surface area contributed by atoms with Gasteiger partial charge >= 0.3 is 6.09 Å². The Morgan fingerprint density at radius 2 is 2.23 bits per heavy atom. The molecule has 1 aliphatic carbocycles.